The molecule has 0 saturated carbocycles. The predicted octanol–water partition coefficient (Wildman–Crippen LogP) is 3.72. The second kappa shape index (κ2) is 6.73. The lowest BCUT2D eigenvalue weighted by molar-refractivity contribution is 0.315. The normalized spacial score (nSPS) is 15.3. The van der Waals surface area contributed by atoms with Crippen molar-refractivity contribution in [1.29, 1.82) is 0 Å². The Balaban J connectivity index is 1.84. The highest BCUT2D eigenvalue weighted by molar-refractivity contribution is 7.18. The molecule has 4 nitrogen and oxygen atoms in total. The summed E-state index contributed by atoms with van der Waals surface area (Å²) < 4.78 is 1.88. The number of hydrogen-bond acceptors (Lipinski definition) is 4. The summed E-state index contributed by atoms with van der Waals surface area (Å²) in [6.07, 6.45) is 2.48. The third-order valence-corrected chi connectivity index (χ3v) is 6.22. The molecule has 1 aromatic carbocycles. The van der Waals surface area contributed by atoms with Crippen LogP contribution in [0.5, 0.6) is 0 Å². The molecular weight excluding hydrogens is 330 g/mol. The molecule has 0 amide bonds. The summed E-state index contributed by atoms with van der Waals surface area (Å²) in [6, 6.07) is 10.2. The molecule has 0 radical (unpaired) electrons. The Hall–Kier alpha value is -1.98. The van der Waals surface area contributed by atoms with Crippen LogP contribution in [0.15, 0.2) is 35.1 Å². The van der Waals surface area contributed by atoms with Gasteiger partial charge in [-0.3, -0.25) is 14.3 Å². The van der Waals surface area contributed by atoms with E-state index in [1.807, 2.05) is 29.7 Å². The molecule has 1 saturated heterocycles. The second-order valence-electron chi connectivity index (χ2n) is 6.85. The zero-order valence-electron chi connectivity index (χ0n) is 14.8. The zero-order valence-corrected chi connectivity index (χ0v) is 15.6. The van der Waals surface area contributed by atoms with Crippen LogP contribution in [0.2, 0.25) is 0 Å². The summed E-state index contributed by atoms with van der Waals surface area (Å²) in [5.74, 6) is 0.893. The van der Waals surface area contributed by atoms with E-state index in [9.17, 15) is 4.79 Å². The molecule has 0 unspecified atom stereocenters. The fourth-order valence-electron chi connectivity index (χ4n) is 3.56. The van der Waals surface area contributed by atoms with E-state index < -0.39 is 0 Å². The molecule has 0 atom stereocenters. The monoisotopic (exact) mass is 353 g/mol. The van der Waals surface area contributed by atoms with Gasteiger partial charge in [-0.1, -0.05) is 30.3 Å². The molecule has 5 heteroatoms. The summed E-state index contributed by atoms with van der Waals surface area (Å²) in [5, 5.41) is 0.795. The minimum absolute atomic E-state index is 0.102. The molecule has 4 rings (SSSR count). The standard InChI is InChI=1S/C20H23N3OS/c1-14-15(2)25-19-18(14)20(24)23(12-16-8-4-3-5-9-16)17(21-19)13-22-10-6-7-11-22/h3-5,8-9H,6-7,10-13H2,1-2H3. The van der Waals surface area contributed by atoms with Gasteiger partial charge in [0.2, 0.25) is 0 Å². The van der Waals surface area contributed by atoms with Crippen LogP contribution in [0.4, 0.5) is 0 Å². The minimum atomic E-state index is 0.102. The minimum Gasteiger partial charge on any atom is -0.296 e. The number of likely N-dealkylation sites (tertiary alicyclic amines) is 1. The smallest absolute Gasteiger partial charge is 0.262 e. The first-order valence-corrected chi connectivity index (χ1v) is 9.71. The summed E-state index contributed by atoms with van der Waals surface area (Å²) in [6.45, 7) is 7.64. The number of fused-ring (bicyclic) bond motifs is 1. The molecule has 2 aromatic heterocycles. The van der Waals surface area contributed by atoms with Crippen LogP contribution < -0.4 is 5.56 Å². The Kier molecular flexibility index (Phi) is 4.44. The molecule has 1 fully saturated rings. The largest absolute Gasteiger partial charge is 0.296 e. The maximum atomic E-state index is 13.3. The first-order valence-electron chi connectivity index (χ1n) is 8.89. The van der Waals surface area contributed by atoms with Crippen molar-refractivity contribution in [3.63, 3.8) is 0 Å². The van der Waals surface area contributed by atoms with Crippen LogP contribution in [0.25, 0.3) is 10.2 Å². The van der Waals surface area contributed by atoms with E-state index in [1.54, 1.807) is 11.3 Å². The Morgan fingerprint density at radius 1 is 1.08 bits per heavy atom. The van der Waals surface area contributed by atoms with E-state index >= 15 is 0 Å². The Labute approximate surface area is 151 Å². The molecule has 1 aliphatic heterocycles. The molecule has 0 spiro atoms. The molecule has 0 bridgehead atoms. The Morgan fingerprint density at radius 2 is 1.80 bits per heavy atom. The summed E-state index contributed by atoms with van der Waals surface area (Å²) >= 11 is 1.64. The lowest BCUT2D eigenvalue weighted by Crippen LogP contribution is -2.30. The van der Waals surface area contributed by atoms with Gasteiger partial charge in [0.1, 0.15) is 10.7 Å². The van der Waals surface area contributed by atoms with Gasteiger partial charge in [-0.05, 0) is 50.9 Å². The quantitative estimate of drug-likeness (QED) is 0.717. The van der Waals surface area contributed by atoms with Crippen LogP contribution in [0.3, 0.4) is 0 Å². The number of nitrogens with zero attached hydrogens (tertiary/aromatic N) is 3. The van der Waals surface area contributed by atoms with Crippen molar-refractivity contribution >= 4 is 21.6 Å². The van der Waals surface area contributed by atoms with Crippen LogP contribution in [0, 0.1) is 13.8 Å². The fourth-order valence-corrected chi connectivity index (χ4v) is 4.60. The van der Waals surface area contributed by atoms with Gasteiger partial charge in [0, 0.05) is 4.88 Å². The van der Waals surface area contributed by atoms with Gasteiger partial charge in [0.15, 0.2) is 0 Å². The average molecular weight is 353 g/mol. The van der Waals surface area contributed by atoms with Crippen LogP contribution in [-0.2, 0) is 13.1 Å². The molecular formula is C20H23N3OS. The highest BCUT2D eigenvalue weighted by atomic mass is 32.1. The van der Waals surface area contributed by atoms with E-state index in [0.29, 0.717) is 6.54 Å². The predicted molar refractivity (Wildman–Crippen MR) is 103 cm³/mol. The SMILES string of the molecule is Cc1sc2nc(CN3CCCC3)n(Cc3ccccc3)c(=O)c2c1C. The van der Waals surface area contributed by atoms with Crippen LogP contribution in [-0.4, -0.2) is 27.5 Å². The van der Waals surface area contributed by atoms with Crippen LogP contribution in [0.1, 0.15) is 34.7 Å². The van der Waals surface area contributed by atoms with Crippen molar-refractivity contribution in [1.82, 2.24) is 14.5 Å². The van der Waals surface area contributed by atoms with Gasteiger partial charge in [0.05, 0.1) is 18.5 Å². The molecule has 3 heterocycles. The fraction of sp³-hybridized carbons (Fsp3) is 0.400. The van der Waals surface area contributed by atoms with Gasteiger partial charge < -0.3 is 0 Å². The zero-order chi connectivity index (χ0) is 17.4. The Morgan fingerprint density at radius 3 is 2.52 bits per heavy atom. The molecule has 130 valence electrons. The van der Waals surface area contributed by atoms with E-state index in [0.717, 1.165) is 46.8 Å². The number of hydrogen-bond donors (Lipinski definition) is 0. The van der Waals surface area contributed by atoms with E-state index in [4.69, 9.17) is 4.98 Å². The highest BCUT2D eigenvalue weighted by Crippen LogP contribution is 2.27. The van der Waals surface area contributed by atoms with Crippen LogP contribution >= 0.6 is 11.3 Å². The number of aromatic nitrogens is 2. The van der Waals surface area contributed by atoms with Gasteiger partial charge in [-0.15, -0.1) is 11.3 Å². The molecule has 1 aliphatic rings. The third-order valence-electron chi connectivity index (χ3n) is 5.12. The molecule has 3 aromatic rings. The lowest BCUT2D eigenvalue weighted by Gasteiger charge is -2.18. The van der Waals surface area contributed by atoms with Gasteiger partial charge in [-0.25, -0.2) is 4.98 Å². The first kappa shape index (κ1) is 16.5. The third kappa shape index (κ3) is 3.14. The number of aryl methyl sites for hydroxylation is 2. The maximum absolute atomic E-state index is 13.3. The summed E-state index contributed by atoms with van der Waals surface area (Å²) in [7, 11) is 0. The number of rotatable bonds is 4. The molecule has 0 aliphatic carbocycles. The van der Waals surface area contributed by atoms with Crippen molar-refractivity contribution in [3.8, 4) is 0 Å². The lowest BCUT2D eigenvalue weighted by atomic mass is 10.2. The molecule has 25 heavy (non-hydrogen) atoms. The first-order chi connectivity index (χ1) is 12.1. The Bertz CT molecular complexity index is 952. The van der Waals surface area contributed by atoms with E-state index in [-0.39, 0.29) is 5.56 Å². The van der Waals surface area contributed by atoms with Gasteiger partial charge in [-0.2, -0.15) is 0 Å². The van der Waals surface area contributed by atoms with E-state index in [1.165, 1.54) is 17.7 Å². The summed E-state index contributed by atoms with van der Waals surface area (Å²) in [5.41, 5.74) is 2.31. The molecule has 0 N–H and O–H groups in total. The number of benzene rings is 1. The van der Waals surface area contributed by atoms with Crippen molar-refractivity contribution in [2.24, 2.45) is 0 Å². The topological polar surface area (TPSA) is 38.1 Å². The highest BCUT2D eigenvalue weighted by Gasteiger charge is 2.20. The summed E-state index contributed by atoms with van der Waals surface area (Å²) in [4.78, 5) is 22.7. The average Bonchev–Trinajstić information content (AvgIpc) is 3.21. The van der Waals surface area contributed by atoms with Gasteiger partial charge >= 0.3 is 0 Å². The van der Waals surface area contributed by atoms with Crippen molar-refractivity contribution in [3.05, 3.63) is 62.5 Å². The maximum Gasteiger partial charge on any atom is 0.262 e. The van der Waals surface area contributed by atoms with Crippen molar-refractivity contribution in [2.75, 3.05) is 13.1 Å². The van der Waals surface area contributed by atoms with Gasteiger partial charge in [0.25, 0.3) is 5.56 Å². The second-order valence-corrected chi connectivity index (χ2v) is 8.05. The van der Waals surface area contributed by atoms with Crippen molar-refractivity contribution < 1.29 is 0 Å². The number of thiophene rings is 1. The van der Waals surface area contributed by atoms with Crippen molar-refractivity contribution in [2.45, 2.75) is 39.8 Å². The van der Waals surface area contributed by atoms with E-state index in [2.05, 4.69) is 24.0 Å².